The average Bonchev–Trinajstić information content (AvgIpc) is 2.92. The number of nitrogens with two attached hydrogens (primary N) is 1. The fourth-order valence-corrected chi connectivity index (χ4v) is 3.84. The zero-order chi connectivity index (χ0) is 16.4. The van der Waals surface area contributed by atoms with Gasteiger partial charge in [0.25, 0.3) is 0 Å². The van der Waals surface area contributed by atoms with Crippen molar-refractivity contribution in [2.24, 2.45) is 0 Å². The van der Waals surface area contributed by atoms with Gasteiger partial charge in [0.15, 0.2) is 5.82 Å². The average molecular weight is 345 g/mol. The highest BCUT2D eigenvalue weighted by molar-refractivity contribution is 7.98. The molecule has 1 aromatic carbocycles. The summed E-state index contributed by atoms with van der Waals surface area (Å²) in [6, 6.07) is 9.73. The van der Waals surface area contributed by atoms with Crippen molar-refractivity contribution in [3.8, 4) is 11.4 Å². The van der Waals surface area contributed by atoms with Gasteiger partial charge < -0.3 is 10.5 Å². The topological polar surface area (TPSA) is 78.1 Å². The Morgan fingerprint density at radius 1 is 1.30 bits per heavy atom. The van der Waals surface area contributed by atoms with Crippen LogP contribution in [0.15, 0.2) is 35.4 Å². The molecule has 0 bridgehead atoms. The minimum atomic E-state index is -0.415. The zero-order valence-electron chi connectivity index (χ0n) is 12.7. The lowest BCUT2D eigenvalue weighted by atomic mass is 10.2. The lowest BCUT2D eigenvalue weighted by Gasteiger charge is -2.04. The lowest BCUT2D eigenvalue weighted by Crippen LogP contribution is -2.04. The minimum Gasteiger partial charge on any atom is -0.462 e. The fourth-order valence-electron chi connectivity index (χ4n) is 2.20. The summed E-state index contributed by atoms with van der Waals surface area (Å²) in [4.78, 5) is 22.3. The third-order valence-electron chi connectivity index (χ3n) is 3.24. The summed E-state index contributed by atoms with van der Waals surface area (Å²) >= 11 is 2.73. The molecular weight excluding hydrogens is 330 g/mol. The van der Waals surface area contributed by atoms with Crippen LogP contribution >= 0.6 is 23.1 Å². The van der Waals surface area contributed by atoms with Crippen molar-refractivity contribution in [3.63, 3.8) is 0 Å². The molecule has 118 valence electrons. The van der Waals surface area contributed by atoms with Gasteiger partial charge >= 0.3 is 5.97 Å². The third-order valence-corrected chi connectivity index (χ3v) is 5.00. The number of hydrogen-bond acceptors (Lipinski definition) is 7. The predicted molar refractivity (Wildman–Crippen MR) is 95.0 cm³/mol. The number of rotatable bonds is 4. The van der Waals surface area contributed by atoms with E-state index < -0.39 is 5.97 Å². The normalized spacial score (nSPS) is 10.9. The number of thiophene rings is 1. The summed E-state index contributed by atoms with van der Waals surface area (Å²) in [5.41, 5.74) is 7.47. The van der Waals surface area contributed by atoms with E-state index >= 15 is 0 Å². The molecule has 0 saturated heterocycles. The van der Waals surface area contributed by atoms with E-state index in [1.54, 1.807) is 6.92 Å². The van der Waals surface area contributed by atoms with Gasteiger partial charge in [0, 0.05) is 5.56 Å². The summed E-state index contributed by atoms with van der Waals surface area (Å²) in [7, 11) is 0. The van der Waals surface area contributed by atoms with Crippen LogP contribution in [0.4, 0.5) is 5.69 Å². The van der Waals surface area contributed by atoms with Gasteiger partial charge in [-0.2, -0.15) is 0 Å². The van der Waals surface area contributed by atoms with E-state index in [4.69, 9.17) is 10.5 Å². The number of benzene rings is 1. The van der Waals surface area contributed by atoms with Crippen LogP contribution in [0.3, 0.4) is 0 Å². The SMILES string of the molecule is CCOC(=O)c1sc2nc(-c3ccccc3)nc(SC)c2c1N. The van der Waals surface area contributed by atoms with Gasteiger partial charge in [-0.05, 0) is 13.2 Å². The maximum absolute atomic E-state index is 12.0. The Kier molecular flexibility index (Phi) is 4.49. The molecule has 0 aliphatic heterocycles. The molecule has 0 aliphatic carbocycles. The first-order chi connectivity index (χ1) is 11.2. The Hall–Kier alpha value is -2.12. The molecule has 0 amide bonds. The van der Waals surface area contributed by atoms with Crippen molar-refractivity contribution in [3.05, 3.63) is 35.2 Å². The highest BCUT2D eigenvalue weighted by atomic mass is 32.2. The summed E-state index contributed by atoms with van der Waals surface area (Å²) in [5, 5.41) is 1.49. The number of fused-ring (bicyclic) bond motifs is 1. The largest absolute Gasteiger partial charge is 0.462 e. The minimum absolute atomic E-state index is 0.308. The molecule has 2 heterocycles. The molecule has 5 nitrogen and oxygen atoms in total. The van der Waals surface area contributed by atoms with Gasteiger partial charge in [0.1, 0.15) is 14.7 Å². The molecule has 0 atom stereocenters. The first kappa shape index (κ1) is 15.8. The van der Waals surface area contributed by atoms with Crippen molar-refractivity contribution in [2.45, 2.75) is 11.9 Å². The lowest BCUT2D eigenvalue weighted by molar-refractivity contribution is 0.0533. The number of anilines is 1. The zero-order valence-corrected chi connectivity index (χ0v) is 14.3. The van der Waals surface area contributed by atoms with Crippen molar-refractivity contribution in [2.75, 3.05) is 18.6 Å². The van der Waals surface area contributed by atoms with Crippen LogP contribution in [-0.4, -0.2) is 28.8 Å². The molecule has 0 radical (unpaired) electrons. The van der Waals surface area contributed by atoms with E-state index in [-0.39, 0.29) is 0 Å². The fraction of sp³-hybridized carbons (Fsp3) is 0.188. The number of hydrogen-bond donors (Lipinski definition) is 1. The van der Waals surface area contributed by atoms with Crippen LogP contribution in [0.5, 0.6) is 0 Å². The monoisotopic (exact) mass is 345 g/mol. The molecule has 0 aliphatic rings. The molecule has 0 fully saturated rings. The Morgan fingerprint density at radius 2 is 2.04 bits per heavy atom. The number of aromatic nitrogens is 2. The summed E-state index contributed by atoms with van der Waals surface area (Å²) in [6.45, 7) is 2.07. The number of carbonyl (C=O) groups is 1. The standard InChI is InChI=1S/C16H15N3O2S2/c1-3-21-16(20)12-11(17)10-14(22-2)18-13(19-15(10)23-12)9-7-5-4-6-8-9/h4-8H,3,17H2,1-2H3. The van der Waals surface area contributed by atoms with Crippen LogP contribution in [0.1, 0.15) is 16.6 Å². The number of ether oxygens (including phenoxy) is 1. The van der Waals surface area contributed by atoms with Crippen molar-refractivity contribution >= 4 is 45.0 Å². The quantitative estimate of drug-likeness (QED) is 0.440. The number of thioether (sulfide) groups is 1. The summed E-state index contributed by atoms with van der Waals surface area (Å²) < 4.78 is 5.06. The number of carbonyl (C=O) groups excluding carboxylic acids is 1. The van der Waals surface area contributed by atoms with Crippen LogP contribution in [0.2, 0.25) is 0 Å². The Balaban J connectivity index is 2.20. The van der Waals surface area contributed by atoms with Crippen LogP contribution in [-0.2, 0) is 4.74 Å². The van der Waals surface area contributed by atoms with E-state index in [0.29, 0.717) is 27.8 Å². The predicted octanol–water partition coefficient (Wildman–Crippen LogP) is 3.84. The summed E-state index contributed by atoms with van der Waals surface area (Å²) in [6.07, 6.45) is 1.93. The van der Waals surface area contributed by atoms with E-state index in [0.717, 1.165) is 16.0 Å². The number of nitrogens with zero attached hydrogens (tertiary/aromatic N) is 2. The second-order valence-corrected chi connectivity index (χ2v) is 6.46. The Labute approximate surface area is 141 Å². The molecule has 2 aromatic heterocycles. The molecule has 3 aromatic rings. The third kappa shape index (κ3) is 2.89. The first-order valence-corrected chi connectivity index (χ1v) is 9.06. The summed E-state index contributed by atoms with van der Waals surface area (Å²) in [5.74, 6) is 0.209. The van der Waals surface area contributed by atoms with Crippen LogP contribution < -0.4 is 5.73 Å². The molecule has 0 spiro atoms. The smallest absolute Gasteiger partial charge is 0.350 e. The van der Waals surface area contributed by atoms with Crippen molar-refractivity contribution in [1.29, 1.82) is 0 Å². The second-order valence-electron chi connectivity index (χ2n) is 4.67. The van der Waals surface area contributed by atoms with Gasteiger partial charge in [-0.25, -0.2) is 14.8 Å². The van der Waals surface area contributed by atoms with Gasteiger partial charge in [0.2, 0.25) is 0 Å². The van der Waals surface area contributed by atoms with Crippen molar-refractivity contribution in [1.82, 2.24) is 9.97 Å². The van der Waals surface area contributed by atoms with Gasteiger partial charge in [0.05, 0.1) is 17.7 Å². The van der Waals surface area contributed by atoms with Gasteiger partial charge in [-0.1, -0.05) is 30.3 Å². The van der Waals surface area contributed by atoms with Crippen molar-refractivity contribution < 1.29 is 9.53 Å². The molecular formula is C16H15N3O2S2. The van der Waals surface area contributed by atoms with Gasteiger partial charge in [-0.3, -0.25) is 0 Å². The number of esters is 1. The Morgan fingerprint density at radius 3 is 2.70 bits per heavy atom. The molecule has 0 unspecified atom stereocenters. The first-order valence-electron chi connectivity index (χ1n) is 7.02. The van der Waals surface area contributed by atoms with E-state index in [2.05, 4.69) is 9.97 Å². The molecule has 23 heavy (non-hydrogen) atoms. The van der Waals surface area contributed by atoms with Gasteiger partial charge in [-0.15, -0.1) is 23.1 Å². The second kappa shape index (κ2) is 6.55. The van der Waals surface area contributed by atoms with Crippen LogP contribution in [0.25, 0.3) is 21.6 Å². The van der Waals surface area contributed by atoms with E-state index in [1.807, 2.05) is 36.6 Å². The molecule has 7 heteroatoms. The van der Waals surface area contributed by atoms with Crippen LogP contribution in [0, 0.1) is 0 Å². The molecule has 2 N–H and O–H groups in total. The highest BCUT2D eigenvalue weighted by Crippen LogP contribution is 2.38. The Bertz CT molecular complexity index is 863. The molecule has 0 saturated carbocycles. The maximum Gasteiger partial charge on any atom is 0.350 e. The molecule has 3 rings (SSSR count). The highest BCUT2D eigenvalue weighted by Gasteiger charge is 2.22. The maximum atomic E-state index is 12.0. The van der Waals surface area contributed by atoms with E-state index in [9.17, 15) is 4.79 Å². The van der Waals surface area contributed by atoms with E-state index in [1.165, 1.54) is 23.1 Å². The number of nitrogen functional groups attached to an aromatic ring is 1.